The van der Waals surface area contributed by atoms with Gasteiger partial charge in [0, 0.05) is 6.07 Å². The molecule has 1 N–H and O–H groups in total. The molecule has 2 aromatic heterocycles. The Kier molecular flexibility index (Phi) is 3.61. The zero-order chi connectivity index (χ0) is 18.4. The van der Waals surface area contributed by atoms with Crippen molar-refractivity contribution < 1.29 is 14.2 Å². The average molecular weight is 382 g/mol. The molecule has 27 heavy (non-hydrogen) atoms. The lowest BCUT2D eigenvalue weighted by Crippen LogP contribution is -2.15. The van der Waals surface area contributed by atoms with E-state index in [1.54, 1.807) is 12.1 Å². The number of benzene rings is 2. The van der Waals surface area contributed by atoms with Crippen LogP contribution in [0.1, 0.15) is 6.92 Å². The largest absolute Gasteiger partial charge is 0.492 e. The molecular formula is C18H14N4O4S. The van der Waals surface area contributed by atoms with Gasteiger partial charge in [0.05, 0.1) is 23.2 Å². The van der Waals surface area contributed by atoms with Crippen LogP contribution in [0.25, 0.3) is 15.9 Å². The van der Waals surface area contributed by atoms with Gasteiger partial charge in [-0.2, -0.15) is 4.52 Å². The third-order valence-electron chi connectivity index (χ3n) is 4.12. The summed E-state index contributed by atoms with van der Waals surface area (Å²) < 4.78 is 17.6. The molecule has 0 unspecified atom stereocenters. The summed E-state index contributed by atoms with van der Waals surface area (Å²) >= 11 is 1.28. The van der Waals surface area contributed by atoms with Crippen molar-refractivity contribution in [3.05, 3.63) is 46.8 Å². The lowest BCUT2D eigenvalue weighted by Gasteiger charge is -2.09. The molecule has 136 valence electrons. The molecule has 0 fully saturated rings. The van der Waals surface area contributed by atoms with E-state index >= 15 is 0 Å². The average Bonchev–Trinajstić information content (AvgIpc) is 3.28. The van der Waals surface area contributed by atoms with Crippen LogP contribution in [0.3, 0.4) is 0 Å². The molecule has 3 heterocycles. The molecule has 4 aromatic rings. The van der Waals surface area contributed by atoms with E-state index < -0.39 is 0 Å². The van der Waals surface area contributed by atoms with Crippen molar-refractivity contribution in [2.75, 3.05) is 18.7 Å². The maximum Gasteiger partial charge on any atom is 0.283 e. The highest BCUT2D eigenvalue weighted by Gasteiger charge is 2.19. The minimum absolute atomic E-state index is 0.146. The van der Waals surface area contributed by atoms with E-state index in [4.69, 9.17) is 14.2 Å². The third-order valence-corrected chi connectivity index (χ3v) is 4.94. The Balaban J connectivity index is 1.61. The molecule has 1 aliphatic rings. The van der Waals surface area contributed by atoms with Gasteiger partial charge in [-0.15, -0.1) is 5.10 Å². The summed E-state index contributed by atoms with van der Waals surface area (Å²) in [4.78, 5) is 17.9. The smallest absolute Gasteiger partial charge is 0.283 e. The third kappa shape index (κ3) is 2.63. The number of hydrogen-bond donors (Lipinski definition) is 1. The van der Waals surface area contributed by atoms with Crippen LogP contribution >= 0.6 is 11.3 Å². The van der Waals surface area contributed by atoms with Crippen LogP contribution in [0, 0.1) is 0 Å². The molecule has 0 amide bonds. The normalized spacial score (nSPS) is 12.6. The summed E-state index contributed by atoms with van der Waals surface area (Å²) in [5, 5.41) is 8.56. The van der Waals surface area contributed by atoms with Gasteiger partial charge >= 0.3 is 0 Å². The van der Waals surface area contributed by atoms with Crippen LogP contribution in [-0.2, 0) is 0 Å². The molecule has 0 aliphatic carbocycles. The second kappa shape index (κ2) is 6.13. The van der Waals surface area contributed by atoms with E-state index in [0.717, 1.165) is 11.4 Å². The van der Waals surface area contributed by atoms with Crippen LogP contribution in [0.2, 0.25) is 0 Å². The summed E-state index contributed by atoms with van der Waals surface area (Å²) in [7, 11) is 0. The SMILES string of the molecule is CCOc1ccccc1Nc1nn2c(=O)c3cc4c(cc3nc2s1)OCO4. The van der Waals surface area contributed by atoms with Gasteiger partial charge in [0.25, 0.3) is 5.56 Å². The summed E-state index contributed by atoms with van der Waals surface area (Å²) in [5.41, 5.74) is 1.07. The molecular weight excluding hydrogens is 368 g/mol. The topological polar surface area (TPSA) is 87.0 Å². The highest BCUT2D eigenvalue weighted by atomic mass is 32.1. The van der Waals surface area contributed by atoms with Gasteiger partial charge in [-0.05, 0) is 25.1 Å². The summed E-state index contributed by atoms with van der Waals surface area (Å²) in [5.74, 6) is 1.85. The van der Waals surface area contributed by atoms with Gasteiger partial charge in [-0.3, -0.25) is 4.79 Å². The van der Waals surface area contributed by atoms with Gasteiger partial charge in [-0.25, -0.2) is 4.98 Å². The molecule has 0 spiro atoms. The van der Waals surface area contributed by atoms with Crippen LogP contribution < -0.4 is 25.1 Å². The van der Waals surface area contributed by atoms with E-state index in [9.17, 15) is 4.79 Å². The van der Waals surface area contributed by atoms with Crippen molar-refractivity contribution in [3.8, 4) is 17.2 Å². The van der Waals surface area contributed by atoms with E-state index in [0.29, 0.717) is 39.1 Å². The fraction of sp³-hybridized carbons (Fsp3) is 0.167. The Morgan fingerprint density at radius 1 is 1.26 bits per heavy atom. The van der Waals surface area contributed by atoms with E-state index in [1.165, 1.54) is 15.9 Å². The lowest BCUT2D eigenvalue weighted by atomic mass is 10.2. The van der Waals surface area contributed by atoms with Crippen molar-refractivity contribution >= 4 is 38.0 Å². The second-order valence-electron chi connectivity index (χ2n) is 5.80. The number of ether oxygens (including phenoxy) is 3. The quantitative estimate of drug-likeness (QED) is 0.580. The Bertz CT molecular complexity index is 1230. The predicted octanol–water partition coefficient (Wildman–Crippen LogP) is 3.18. The molecule has 0 saturated heterocycles. The minimum atomic E-state index is -0.254. The summed E-state index contributed by atoms with van der Waals surface area (Å²) in [6, 6.07) is 10.9. The highest BCUT2D eigenvalue weighted by Crippen LogP contribution is 2.35. The monoisotopic (exact) mass is 382 g/mol. The molecule has 0 atom stereocenters. The molecule has 0 radical (unpaired) electrons. The van der Waals surface area contributed by atoms with Gasteiger partial charge < -0.3 is 19.5 Å². The zero-order valence-electron chi connectivity index (χ0n) is 14.3. The van der Waals surface area contributed by atoms with E-state index in [1.807, 2.05) is 31.2 Å². The summed E-state index contributed by atoms with van der Waals surface area (Å²) in [6.45, 7) is 2.63. The Morgan fingerprint density at radius 2 is 2.07 bits per heavy atom. The first-order chi connectivity index (χ1) is 13.2. The first-order valence-corrected chi connectivity index (χ1v) is 9.16. The number of fused-ring (bicyclic) bond motifs is 3. The van der Waals surface area contributed by atoms with Crippen molar-refractivity contribution in [3.63, 3.8) is 0 Å². The lowest BCUT2D eigenvalue weighted by molar-refractivity contribution is 0.174. The number of aromatic nitrogens is 3. The maximum absolute atomic E-state index is 12.8. The Morgan fingerprint density at radius 3 is 2.93 bits per heavy atom. The maximum atomic E-state index is 12.8. The predicted molar refractivity (Wildman–Crippen MR) is 102 cm³/mol. The number of nitrogens with one attached hydrogen (secondary N) is 1. The number of para-hydroxylation sites is 2. The van der Waals surface area contributed by atoms with Gasteiger partial charge in [0.2, 0.25) is 16.9 Å². The molecule has 2 aromatic carbocycles. The molecule has 8 nitrogen and oxygen atoms in total. The van der Waals surface area contributed by atoms with E-state index in [-0.39, 0.29) is 12.4 Å². The Labute approximate surface area is 156 Å². The summed E-state index contributed by atoms with van der Waals surface area (Å²) in [6.07, 6.45) is 0. The molecule has 1 aliphatic heterocycles. The number of hydrogen-bond acceptors (Lipinski definition) is 8. The minimum Gasteiger partial charge on any atom is -0.492 e. The highest BCUT2D eigenvalue weighted by molar-refractivity contribution is 7.20. The van der Waals surface area contributed by atoms with Crippen molar-refractivity contribution in [1.82, 2.24) is 14.6 Å². The first kappa shape index (κ1) is 15.9. The number of anilines is 2. The van der Waals surface area contributed by atoms with Gasteiger partial charge in [-0.1, -0.05) is 23.5 Å². The van der Waals surface area contributed by atoms with Crippen LogP contribution in [0.15, 0.2) is 41.2 Å². The second-order valence-corrected chi connectivity index (χ2v) is 6.75. The number of nitrogens with zero attached hydrogens (tertiary/aromatic N) is 3. The van der Waals surface area contributed by atoms with Crippen LogP contribution in [0.5, 0.6) is 17.2 Å². The Hall–Kier alpha value is -3.33. The first-order valence-electron chi connectivity index (χ1n) is 8.35. The van der Waals surface area contributed by atoms with Crippen molar-refractivity contribution in [2.24, 2.45) is 0 Å². The molecule has 0 bridgehead atoms. The molecule has 5 rings (SSSR count). The van der Waals surface area contributed by atoms with Gasteiger partial charge in [0.15, 0.2) is 11.5 Å². The van der Waals surface area contributed by atoms with Crippen LogP contribution in [-0.4, -0.2) is 28.0 Å². The van der Waals surface area contributed by atoms with Crippen molar-refractivity contribution in [2.45, 2.75) is 6.92 Å². The van der Waals surface area contributed by atoms with Crippen molar-refractivity contribution in [1.29, 1.82) is 0 Å². The van der Waals surface area contributed by atoms with E-state index in [2.05, 4.69) is 15.4 Å². The number of rotatable bonds is 4. The van der Waals surface area contributed by atoms with Gasteiger partial charge in [0.1, 0.15) is 5.75 Å². The standard InChI is InChI=1S/C18H14N4O4S/c1-2-24-13-6-4-3-5-11(13)19-17-21-22-16(23)10-7-14-15(26-9-25-14)8-12(10)20-18(22)27-17/h3-8H,2,9H2,1H3,(H,19,21). The van der Waals surface area contributed by atoms with Crippen LogP contribution in [0.4, 0.5) is 10.8 Å². The zero-order valence-corrected chi connectivity index (χ0v) is 15.1. The molecule has 9 heteroatoms. The fourth-order valence-electron chi connectivity index (χ4n) is 2.92. The molecule has 0 saturated carbocycles. The fourth-order valence-corrected chi connectivity index (χ4v) is 3.73.